The molecule has 0 spiro atoms. The Morgan fingerprint density at radius 1 is 1.40 bits per heavy atom. The third-order valence-corrected chi connectivity index (χ3v) is 3.78. The lowest BCUT2D eigenvalue weighted by atomic mass is 9.92. The summed E-state index contributed by atoms with van der Waals surface area (Å²) >= 11 is 0. The van der Waals surface area contributed by atoms with Gasteiger partial charge in [0.25, 0.3) is 5.91 Å². The SMILES string of the molecule is CC(NC(=O)C(O)c1ccccc1)C1CCCNC1.Cl. The van der Waals surface area contributed by atoms with Gasteiger partial charge in [0, 0.05) is 6.04 Å². The summed E-state index contributed by atoms with van der Waals surface area (Å²) in [5.41, 5.74) is 0.633. The first-order chi connectivity index (χ1) is 9.18. The molecule has 3 atom stereocenters. The third-order valence-electron chi connectivity index (χ3n) is 3.78. The zero-order chi connectivity index (χ0) is 13.7. The predicted molar refractivity (Wildman–Crippen MR) is 81.8 cm³/mol. The van der Waals surface area contributed by atoms with Gasteiger partial charge in [-0.25, -0.2) is 0 Å². The zero-order valence-corrected chi connectivity index (χ0v) is 12.5. The summed E-state index contributed by atoms with van der Waals surface area (Å²) in [6, 6.07) is 9.11. The van der Waals surface area contributed by atoms with Gasteiger partial charge in [0.2, 0.25) is 0 Å². The van der Waals surface area contributed by atoms with Crippen LogP contribution in [0, 0.1) is 5.92 Å². The highest BCUT2D eigenvalue weighted by Crippen LogP contribution is 2.16. The summed E-state index contributed by atoms with van der Waals surface area (Å²) in [7, 11) is 0. The van der Waals surface area contributed by atoms with Crippen molar-refractivity contribution in [2.24, 2.45) is 5.92 Å². The molecular weight excluding hydrogens is 276 g/mol. The molecule has 1 heterocycles. The minimum atomic E-state index is -1.08. The van der Waals surface area contributed by atoms with Crippen LogP contribution in [0.4, 0.5) is 0 Å². The summed E-state index contributed by atoms with van der Waals surface area (Å²) in [4.78, 5) is 12.0. The van der Waals surface area contributed by atoms with Crippen LogP contribution in [-0.4, -0.2) is 30.1 Å². The van der Waals surface area contributed by atoms with Crippen molar-refractivity contribution < 1.29 is 9.90 Å². The molecule has 1 amide bonds. The van der Waals surface area contributed by atoms with Gasteiger partial charge in [0.05, 0.1) is 0 Å². The van der Waals surface area contributed by atoms with Crippen LogP contribution in [-0.2, 0) is 4.79 Å². The standard InChI is InChI=1S/C15H22N2O2.ClH/c1-11(13-8-5-9-16-10-13)17-15(19)14(18)12-6-3-2-4-7-12;/h2-4,6-7,11,13-14,16,18H,5,8-10H2,1H3,(H,17,19);1H. The first-order valence-corrected chi connectivity index (χ1v) is 6.92. The van der Waals surface area contributed by atoms with E-state index in [0.29, 0.717) is 11.5 Å². The summed E-state index contributed by atoms with van der Waals surface area (Å²) in [5, 5.41) is 16.3. The van der Waals surface area contributed by atoms with Gasteiger partial charge in [0.15, 0.2) is 6.10 Å². The van der Waals surface area contributed by atoms with E-state index in [9.17, 15) is 9.90 Å². The van der Waals surface area contributed by atoms with Crippen molar-refractivity contribution in [3.05, 3.63) is 35.9 Å². The molecule has 0 saturated carbocycles. The average Bonchev–Trinajstić information content (AvgIpc) is 2.48. The number of aliphatic hydroxyl groups is 1. The highest BCUT2D eigenvalue weighted by atomic mass is 35.5. The zero-order valence-electron chi connectivity index (χ0n) is 11.7. The number of carbonyl (C=O) groups excluding carboxylic acids is 1. The maximum atomic E-state index is 12.0. The monoisotopic (exact) mass is 298 g/mol. The lowest BCUT2D eigenvalue weighted by molar-refractivity contribution is -0.130. The molecule has 3 N–H and O–H groups in total. The van der Waals surface area contributed by atoms with Gasteiger partial charge >= 0.3 is 0 Å². The highest BCUT2D eigenvalue weighted by Gasteiger charge is 2.24. The fourth-order valence-corrected chi connectivity index (χ4v) is 2.51. The predicted octanol–water partition coefficient (Wildman–Crippen LogP) is 1.65. The molecule has 0 radical (unpaired) electrons. The van der Waals surface area contributed by atoms with E-state index in [1.54, 1.807) is 12.1 Å². The van der Waals surface area contributed by atoms with Crippen LogP contribution in [0.25, 0.3) is 0 Å². The summed E-state index contributed by atoms with van der Waals surface area (Å²) < 4.78 is 0. The van der Waals surface area contributed by atoms with Gasteiger partial charge < -0.3 is 15.7 Å². The fraction of sp³-hybridized carbons (Fsp3) is 0.533. The van der Waals surface area contributed by atoms with Crippen LogP contribution in [0.3, 0.4) is 0 Å². The second-order valence-electron chi connectivity index (χ2n) is 5.22. The maximum Gasteiger partial charge on any atom is 0.253 e. The van der Waals surface area contributed by atoms with Gasteiger partial charge in [-0.2, -0.15) is 0 Å². The summed E-state index contributed by atoms with van der Waals surface area (Å²) in [5.74, 6) is 0.130. The molecule has 20 heavy (non-hydrogen) atoms. The van der Waals surface area contributed by atoms with Crippen LogP contribution in [0.5, 0.6) is 0 Å². The number of nitrogens with one attached hydrogen (secondary N) is 2. The van der Waals surface area contributed by atoms with E-state index in [2.05, 4.69) is 10.6 Å². The van der Waals surface area contributed by atoms with E-state index in [4.69, 9.17) is 0 Å². The number of rotatable bonds is 4. The lowest BCUT2D eigenvalue weighted by Gasteiger charge is -2.29. The number of hydrogen-bond donors (Lipinski definition) is 3. The Hall–Kier alpha value is -1.10. The Labute approximate surface area is 126 Å². The molecule has 0 aliphatic carbocycles. The Bertz CT molecular complexity index is 408. The first kappa shape index (κ1) is 17.0. The van der Waals surface area contributed by atoms with E-state index in [1.165, 1.54) is 0 Å². The molecule has 1 aliphatic rings. The van der Waals surface area contributed by atoms with Crippen molar-refractivity contribution in [1.82, 2.24) is 10.6 Å². The molecule has 1 aromatic carbocycles. The van der Waals surface area contributed by atoms with Crippen molar-refractivity contribution >= 4 is 18.3 Å². The molecule has 1 aromatic rings. The number of aliphatic hydroxyl groups excluding tert-OH is 1. The number of amides is 1. The molecule has 4 nitrogen and oxygen atoms in total. The van der Waals surface area contributed by atoms with E-state index >= 15 is 0 Å². The molecule has 1 fully saturated rings. The number of piperidine rings is 1. The smallest absolute Gasteiger partial charge is 0.253 e. The van der Waals surface area contributed by atoms with Crippen LogP contribution in [0.15, 0.2) is 30.3 Å². The van der Waals surface area contributed by atoms with Gasteiger partial charge in [-0.15, -0.1) is 12.4 Å². The molecule has 3 unspecified atom stereocenters. The molecule has 1 aliphatic heterocycles. The molecule has 5 heteroatoms. The van der Waals surface area contributed by atoms with Gasteiger partial charge in [-0.3, -0.25) is 4.79 Å². The minimum Gasteiger partial charge on any atom is -0.378 e. The van der Waals surface area contributed by atoms with Crippen LogP contribution < -0.4 is 10.6 Å². The highest BCUT2D eigenvalue weighted by molar-refractivity contribution is 5.85. The number of benzene rings is 1. The third kappa shape index (κ3) is 4.47. The van der Waals surface area contributed by atoms with E-state index in [0.717, 1.165) is 25.9 Å². The number of halogens is 1. The van der Waals surface area contributed by atoms with E-state index < -0.39 is 6.10 Å². The van der Waals surface area contributed by atoms with Crippen molar-refractivity contribution in [3.8, 4) is 0 Å². The summed E-state index contributed by atoms with van der Waals surface area (Å²) in [6.45, 7) is 4.00. The molecule has 0 bridgehead atoms. The van der Waals surface area contributed by atoms with Crippen molar-refractivity contribution in [2.75, 3.05) is 13.1 Å². The second-order valence-corrected chi connectivity index (χ2v) is 5.22. The Morgan fingerprint density at radius 2 is 2.10 bits per heavy atom. The topological polar surface area (TPSA) is 61.4 Å². The Kier molecular flexibility index (Phi) is 6.99. The largest absolute Gasteiger partial charge is 0.378 e. The molecule has 2 rings (SSSR count). The van der Waals surface area contributed by atoms with Crippen LogP contribution >= 0.6 is 12.4 Å². The van der Waals surface area contributed by atoms with Crippen LogP contribution in [0.1, 0.15) is 31.4 Å². The first-order valence-electron chi connectivity index (χ1n) is 6.92. The second kappa shape index (κ2) is 8.25. The van der Waals surface area contributed by atoms with E-state index in [-0.39, 0.29) is 24.4 Å². The van der Waals surface area contributed by atoms with E-state index in [1.807, 2.05) is 25.1 Å². The molecular formula is C15H23ClN2O2. The number of carbonyl (C=O) groups is 1. The minimum absolute atomic E-state index is 0. The lowest BCUT2D eigenvalue weighted by Crippen LogP contribution is -2.45. The van der Waals surface area contributed by atoms with Crippen LogP contribution in [0.2, 0.25) is 0 Å². The fourth-order valence-electron chi connectivity index (χ4n) is 2.51. The molecule has 112 valence electrons. The molecule has 0 aromatic heterocycles. The molecule has 1 saturated heterocycles. The normalized spacial score (nSPS) is 21.4. The van der Waals surface area contributed by atoms with Gasteiger partial charge in [0.1, 0.15) is 0 Å². The van der Waals surface area contributed by atoms with Crippen molar-refractivity contribution in [2.45, 2.75) is 31.9 Å². The van der Waals surface area contributed by atoms with Crippen molar-refractivity contribution in [3.63, 3.8) is 0 Å². The Balaban J connectivity index is 0.00000200. The average molecular weight is 299 g/mol. The quantitative estimate of drug-likeness (QED) is 0.792. The number of hydrogen-bond acceptors (Lipinski definition) is 3. The van der Waals surface area contributed by atoms with Crippen molar-refractivity contribution in [1.29, 1.82) is 0 Å². The van der Waals surface area contributed by atoms with Gasteiger partial charge in [-0.05, 0) is 44.3 Å². The summed E-state index contributed by atoms with van der Waals surface area (Å²) in [6.07, 6.45) is 1.18. The van der Waals surface area contributed by atoms with Gasteiger partial charge in [-0.1, -0.05) is 30.3 Å². The Morgan fingerprint density at radius 3 is 2.70 bits per heavy atom. The maximum absolute atomic E-state index is 12.0.